The highest BCUT2D eigenvalue weighted by molar-refractivity contribution is 6.37. The Morgan fingerprint density at radius 3 is 2.59 bits per heavy atom. The van der Waals surface area contributed by atoms with Crippen LogP contribution in [0.4, 0.5) is 4.39 Å². The van der Waals surface area contributed by atoms with E-state index < -0.39 is 0 Å². The van der Waals surface area contributed by atoms with Gasteiger partial charge in [0.25, 0.3) is 0 Å². The average Bonchev–Trinajstić information content (AvgIpc) is 3.25. The van der Waals surface area contributed by atoms with Crippen molar-refractivity contribution in [3.8, 4) is 11.8 Å². The maximum absolute atomic E-state index is 13.5. The van der Waals surface area contributed by atoms with Gasteiger partial charge in [0.05, 0.1) is 26.7 Å². The standard InChI is InChI=1S/C27H16Cl2FN3O/c28-22-11-16(10-19(14-31)27-32-24-9-8-20(30)13-25(24)33-27)12-23(29)26(22)34-15-18-6-3-5-17-4-1-2-7-21(17)18/h1-13H,15H2,(H,32,33)/b19-10-. The summed E-state index contributed by atoms with van der Waals surface area (Å²) in [7, 11) is 0. The fourth-order valence-electron chi connectivity index (χ4n) is 3.80. The molecular formula is C27H16Cl2FN3O. The molecule has 1 aromatic heterocycles. The monoisotopic (exact) mass is 487 g/mol. The lowest BCUT2D eigenvalue weighted by molar-refractivity contribution is 0.308. The number of H-pyrrole nitrogens is 1. The number of rotatable bonds is 5. The topological polar surface area (TPSA) is 61.7 Å². The molecule has 0 unspecified atom stereocenters. The van der Waals surface area contributed by atoms with E-state index in [4.69, 9.17) is 27.9 Å². The molecule has 1 N–H and O–H groups in total. The molecule has 0 bridgehead atoms. The average molecular weight is 488 g/mol. The van der Waals surface area contributed by atoms with E-state index in [0.717, 1.165) is 16.3 Å². The first kappa shape index (κ1) is 22.0. The quantitative estimate of drug-likeness (QED) is 0.257. The summed E-state index contributed by atoms with van der Waals surface area (Å²) in [5.41, 5.74) is 2.95. The van der Waals surface area contributed by atoms with E-state index in [1.54, 1.807) is 24.3 Å². The molecule has 7 heteroatoms. The summed E-state index contributed by atoms with van der Waals surface area (Å²) in [6.45, 7) is 0.301. The van der Waals surface area contributed by atoms with Crippen LogP contribution >= 0.6 is 23.2 Å². The number of allylic oxidation sites excluding steroid dienone is 1. The highest BCUT2D eigenvalue weighted by atomic mass is 35.5. The van der Waals surface area contributed by atoms with Crippen LogP contribution in [0.25, 0.3) is 33.5 Å². The molecule has 0 saturated carbocycles. The maximum Gasteiger partial charge on any atom is 0.157 e. The van der Waals surface area contributed by atoms with E-state index in [0.29, 0.717) is 44.8 Å². The summed E-state index contributed by atoms with van der Waals surface area (Å²) in [4.78, 5) is 7.34. The number of nitriles is 1. The lowest BCUT2D eigenvalue weighted by Crippen LogP contribution is -1.98. The van der Waals surface area contributed by atoms with Gasteiger partial charge in [-0.2, -0.15) is 5.26 Å². The van der Waals surface area contributed by atoms with Crippen molar-refractivity contribution in [2.75, 3.05) is 0 Å². The molecule has 4 nitrogen and oxygen atoms in total. The molecule has 166 valence electrons. The van der Waals surface area contributed by atoms with Crippen molar-refractivity contribution in [2.24, 2.45) is 0 Å². The molecule has 5 aromatic rings. The summed E-state index contributed by atoms with van der Waals surface area (Å²) in [5.74, 6) is 0.306. The predicted molar refractivity (Wildman–Crippen MR) is 134 cm³/mol. The summed E-state index contributed by atoms with van der Waals surface area (Å²) in [6, 6.07) is 23.8. The van der Waals surface area contributed by atoms with Crippen molar-refractivity contribution in [2.45, 2.75) is 6.61 Å². The largest absolute Gasteiger partial charge is 0.486 e. The van der Waals surface area contributed by atoms with E-state index >= 15 is 0 Å². The fourth-order valence-corrected chi connectivity index (χ4v) is 4.41. The van der Waals surface area contributed by atoms with E-state index in [1.807, 2.05) is 42.5 Å². The van der Waals surface area contributed by atoms with Crippen molar-refractivity contribution in [1.29, 1.82) is 5.26 Å². The Labute approximate surface area is 204 Å². The summed E-state index contributed by atoms with van der Waals surface area (Å²) in [6.07, 6.45) is 1.61. The van der Waals surface area contributed by atoms with E-state index in [2.05, 4.69) is 16.0 Å². The van der Waals surface area contributed by atoms with Gasteiger partial charge in [0.2, 0.25) is 0 Å². The number of halogens is 3. The second-order valence-electron chi connectivity index (χ2n) is 7.66. The third-order valence-corrected chi connectivity index (χ3v) is 5.96. The second kappa shape index (κ2) is 9.18. The Balaban J connectivity index is 1.42. The molecule has 0 fully saturated rings. The van der Waals surface area contributed by atoms with Crippen molar-refractivity contribution in [1.82, 2.24) is 9.97 Å². The minimum atomic E-state index is -0.386. The van der Waals surface area contributed by atoms with Crippen LogP contribution in [0.5, 0.6) is 5.75 Å². The van der Waals surface area contributed by atoms with Gasteiger partial charge in [-0.3, -0.25) is 0 Å². The number of nitrogens with one attached hydrogen (secondary N) is 1. The lowest BCUT2D eigenvalue weighted by Gasteiger charge is -2.12. The number of benzene rings is 4. The third kappa shape index (κ3) is 4.34. The van der Waals surface area contributed by atoms with Crippen LogP contribution in [0.1, 0.15) is 17.0 Å². The molecule has 4 aromatic carbocycles. The predicted octanol–water partition coefficient (Wildman–Crippen LogP) is 7.81. The van der Waals surface area contributed by atoms with Gasteiger partial charge >= 0.3 is 0 Å². The Hall–Kier alpha value is -3.85. The molecule has 0 atom stereocenters. The van der Waals surface area contributed by atoms with E-state index in [-0.39, 0.29) is 11.4 Å². The molecule has 0 amide bonds. The minimum absolute atomic E-state index is 0.258. The van der Waals surface area contributed by atoms with Crippen molar-refractivity contribution >= 4 is 56.7 Å². The first-order chi connectivity index (χ1) is 16.5. The molecule has 0 radical (unpaired) electrons. The molecule has 0 saturated heterocycles. The number of nitrogens with zero attached hydrogens (tertiary/aromatic N) is 2. The van der Waals surface area contributed by atoms with Crippen molar-refractivity contribution in [3.05, 3.63) is 106 Å². The van der Waals surface area contributed by atoms with Gasteiger partial charge in [-0.1, -0.05) is 65.7 Å². The van der Waals surface area contributed by atoms with Crippen LogP contribution in [0.2, 0.25) is 10.0 Å². The van der Waals surface area contributed by atoms with Crippen LogP contribution in [-0.2, 0) is 6.61 Å². The molecule has 5 rings (SSSR count). The van der Waals surface area contributed by atoms with Gasteiger partial charge < -0.3 is 9.72 Å². The number of hydrogen-bond acceptors (Lipinski definition) is 3. The van der Waals surface area contributed by atoms with Crippen LogP contribution in [0.15, 0.2) is 72.8 Å². The first-order valence-corrected chi connectivity index (χ1v) is 11.1. The van der Waals surface area contributed by atoms with Crippen molar-refractivity contribution in [3.63, 3.8) is 0 Å². The first-order valence-electron chi connectivity index (χ1n) is 10.4. The zero-order chi connectivity index (χ0) is 23.7. The zero-order valence-electron chi connectivity index (χ0n) is 17.6. The second-order valence-corrected chi connectivity index (χ2v) is 8.47. The Morgan fingerprint density at radius 1 is 1.03 bits per heavy atom. The molecular weight excluding hydrogens is 472 g/mol. The normalized spacial score (nSPS) is 11.6. The van der Waals surface area contributed by atoms with E-state index in [9.17, 15) is 9.65 Å². The molecule has 0 aliphatic carbocycles. The third-order valence-electron chi connectivity index (χ3n) is 5.40. The number of hydrogen-bond donors (Lipinski definition) is 1. The van der Waals surface area contributed by atoms with Crippen LogP contribution in [-0.4, -0.2) is 9.97 Å². The number of imidazole rings is 1. The van der Waals surface area contributed by atoms with Crippen LogP contribution in [0, 0.1) is 17.1 Å². The molecule has 0 spiro atoms. The van der Waals surface area contributed by atoms with Crippen LogP contribution in [0.3, 0.4) is 0 Å². The minimum Gasteiger partial charge on any atom is -0.486 e. The highest BCUT2D eigenvalue weighted by Gasteiger charge is 2.13. The van der Waals surface area contributed by atoms with Crippen molar-refractivity contribution < 1.29 is 9.13 Å². The fraction of sp³-hybridized carbons (Fsp3) is 0.0370. The summed E-state index contributed by atoms with van der Waals surface area (Å²) in [5, 5.41) is 12.5. The number of aromatic amines is 1. The number of ether oxygens (including phenoxy) is 1. The van der Waals surface area contributed by atoms with Gasteiger partial charge in [0.1, 0.15) is 24.3 Å². The molecule has 0 aliphatic heterocycles. The lowest BCUT2D eigenvalue weighted by atomic mass is 10.1. The van der Waals surface area contributed by atoms with Gasteiger partial charge in [-0.05, 0) is 58.3 Å². The molecule has 34 heavy (non-hydrogen) atoms. The maximum atomic E-state index is 13.5. The Bertz CT molecular complexity index is 1590. The zero-order valence-corrected chi connectivity index (χ0v) is 19.2. The van der Waals surface area contributed by atoms with Gasteiger partial charge in [-0.25, -0.2) is 9.37 Å². The summed E-state index contributed by atoms with van der Waals surface area (Å²) < 4.78 is 19.5. The van der Waals surface area contributed by atoms with Gasteiger partial charge in [-0.15, -0.1) is 0 Å². The van der Waals surface area contributed by atoms with E-state index in [1.165, 1.54) is 12.1 Å². The highest BCUT2D eigenvalue weighted by Crippen LogP contribution is 2.36. The Morgan fingerprint density at radius 2 is 1.79 bits per heavy atom. The SMILES string of the molecule is N#C/C(=C/c1cc(Cl)c(OCc2cccc3ccccc23)c(Cl)c1)c1nc2ccc(F)cc2[nH]1. The number of fused-ring (bicyclic) bond motifs is 2. The Kier molecular flexibility index (Phi) is 5.93. The summed E-state index contributed by atoms with van der Waals surface area (Å²) >= 11 is 13.0. The van der Waals surface area contributed by atoms with Crippen LogP contribution < -0.4 is 4.74 Å². The molecule has 0 aliphatic rings. The number of aromatic nitrogens is 2. The van der Waals surface area contributed by atoms with Gasteiger partial charge in [0.15, 0.2) is 5.75 Å². The molecule has 1 heterocycles. The smallest absolute Gasteiger partial charge is 0.157 e. The van der Waals surface area contributed by atoms with Gasteiger partial charge in [0, 0.05) is 0 Å².